The fraction of sp³-hybridized carbons (Fsp3) is 0.308. The van der Waals surface area contributed by atoms with Crippen LogP contribution in [0.2, 0.25) is 0 Å². The molecule has 0 amide bonds. The molecule has 2 rings (SSSR count). The van der Waals surface area contributed by atoms with E-state index in [4.69, 9.17) is 4.52 Å². The van der Waals surface area contributed by atoms with Gasteiger partial charge in [-0.3, -0.25) is 0 Å². The van der Waals surface area contributed by atoms with Crippen LogP contribution in [0.4, 0.5) is 4.39 Å². The summed E-state index contributed by atoms with van der Waals surface area (Å²) in [6.45, 7) is 3.30. The predicted octanol–water partition coefficient (Wildman–Crippen LogP) is 2.80. The summed E-state index contributed by atoms with van der Waals surface area (Å²) in [4.78, 5) is 0. The molecule has 4 nitrogen and oxygen atoms in total. The van der Waals surface area contributed by atoms with Gasteiger partial charge in [0.05, 0.1) is 10.9 Å². The third-order valence-corrected chi connectivity index (χ3v) is 4.93. The third-order valence-electron chi connectivity index (χ3n) is 2.90. The fourth-order valence-electron chi connectivity index (χ4n) is 1.75. The van der Waals surface area contributed by atoms with Gasteiger partial charge < -0.3 is 4.52 Å². The van der Waals surface area contributed by atoms with Crippen molar-refractivity contribution in [2.24, 2.45) is 0 Å². The number of aryl methyl sites for hydroxylation is 1. The zero-order valence-corrected chi connectivity index (χ0v) is 11.4. The van der Waals surface area contributed by atoms with Crippen LogP contribution >= 0.6 is 0 Å². The smallest absolute Gasteiger partial charge is 0.164 e. The Balaban J connectivity index is 2.21. The van der Waals surface area contributed by atoms with Crippen molar-refractivity contribution in [3.05, 3.63) is 53.2 Å². The topological polar surface area (TPSA) is 60.2 Å². The molecule has 0 radical (unpaired) electrons. The minimum atomic E-state index is -3.42. The number of rotatable bonds is 4. The van der Waals surface area contributed by atoms with E-state index in [0.717, 1.165) is 0 Å². The Kier molecular flexibility index (Phi) is 3.71. The molecule has 1 aromatic carbocycles. The zero-order valence-electron chi connectivity index (χ0n) is 10.6. The summed E-state index contributed by atoms with van der Waals surface area (Å²) >= 11 is 0. The normalized spacial score (nSPS) is 13.4. The maximum Gasteiger partial charge on any atom is 0.164 e. The lowest BCUT2D eigenvalue weighted by molar-refractivity contribution is 0.388. The van der Waals surface area contributed by atoms with Gasteiger partial charge >= 0.3 is 0 Å². The molecule has 0 aliphatic carbocycles. The standard InChI is InChI=1S/C13H14FNO3S/c1-9-7-13(18-15-9)8-19(16,17)10(2)11-3-5-12(14)6-4-11/h3-7,10H,8H2,1-2H3/t10-/m0/s1. The van der Waals surface area contributed by atoms with Crippen LogP contribution in [0.1, 0.15) is 29.2 Å². The lowest BCUT2D eigenvalue weighted by Crippen LogP contribution is -2.12. The summed E-state index contributed by atoms with van der Waals surface area (Å²) < 4.78 is 42.2. The van der Waals surface area contributed by atoms with Crippen LogP contribution in [0.3, 0.4) is 0 Å². The molecule has 1 atom stereocenters. The second kappa shape index (κ2) is 5.13. The number of hydrogen-bond acceptors (Lipinski definition) is 4. The maximum atomic E-state index is 12.8. The van der Waals surface area contributed by atoms with Crippen LogP contribution in [0.5, 0.6) is 0 Å². The first-order valence-corrected chi connectivity index (χ1v) is 7.49. The summed E-state index contributed by atoms with van der Waals surface area (Å²) in [5, 5.41) is 2.93. The largest absolute Gasteiger partial charge is 0.360 e. The van der Waals surface area contributed by atoms with Crippen LogP contribution in [-0.2, 0) is 15.6 Å². The van der Waals surface area contributed by atoms with Crippen molar-refractivity contribution in [2.75, 3.05) is 0 Å². The lowest BCUT2D eigenvalue weighted by Gasteiger charge is -2.12. The van der Waals surface area contributed by atoms with Crippen LogP contribution < -0.4 is 0 Å². The van der Waals surface area contributed by atoms with Gasteiger partial charge in [0.1, 0.15) is 11.6 Å². The van der Waals surface area contributed by atoms with E-state index >= 15 is 0 Å². The first kappa shape index (κ1) is 13.7. The highest BCUT2D eigenvalue weighted by Crippen LogP contribution is 2.25. The molecule has 0 aliphatic rings. The average molecular weight is 283 g/mol. The summed E-state index contributed by atoms with van der Waals surface area (Å²) in [5.74, 6) is -0.294. The number of nitrogens with zero attached hydrogens (tertiary/aromatic N) is 1. The summed E-state index contributed by atoms with van der Waals surface area (Å²) in [6, 6.07) is 7.04. The van der Waals surface area contributed by atoms with E-state index in [9.17, 15) is 12.8 Å². The minimum Gasteiger partial charge on any atom is -0.360 e. The van der Waals surface area contributed by atoms with E-state index in [1.165, 1.54) is 24.3 Å². The van der Waals surface area contributed by atoms with Crippen molar-refractivity contribution in [3.63, 3.8) is 0 Å². The van der Waals surface area contributed by atoms with Gasteiger partial charge in [-0.1, -0.05) is 17.3 Å². The molecule has 1 heterocycles. The molecule has 2 aromatic rings. The molecule has 0 spiro atoms. The molecule has 102 valence electrons. The SMILES string of the molecule is Cc1cc(CS(=O)(=O)[C@@H](C)c2ccc(F)cc2)on1. The molecule has 6 heteroatoms. The van der Waals surface area contributed by atoms with Gasteiger partial charge in [-0.25, -0.2) is 12.8 Å². The number of aromatic nitrogens is 1. The highest BCUT2D eigenvalue weighted by Gasteiger charge is 2.24. The van der Waals surface area contributed by atoms with Gasteiger partial charge in [-0.05, 0) is 31.5 Å². The summed E-state index contributed by atoms with van der Waals surface area (Å²) in [6.07, 6.45) is 0. The molecule has 0 aliphatic heterocycles. The molecular weight excluding hydrogens is 269 g/mol. The van der Waals surface area contributed by atoms with E-state index in [2.05, 4.69) is 5.16 Å². The highest BCUT2D eigenvalue weighted by atomic mass is 32.2. The van der Waals surface area contributed by atoms with E-state index in [0.29, 0.717) is 17.0 Å². The van der Waals surface area contributed by atoms with Crippen molar-refractivity contribution in [1.29, 1.82) is 0 Å². The van der Waals surface area contributed by atoms with Gasteiger partial charge in [0.25, 0.3) is 0 Å². The number of hydrogen-bond donors (Lipinski definition) is 0. The van der Waals surface area contributed by atoms with E-state index < -0.39 is 15.1 Å². The minimum absolute atomic E-state index is 0.216. The van der Waals surface area contributed by atoms with E-state index in [1.54, 1.807) is 19.9 Å². The van der Waals surface area contributed by atoms with E-state index in [1.807, 2.05) is 0 Å². The second-order valence-corrected chi connectivity index (χ2v) is 6.76. The van der Waals surface area contributed by atoms with Crippen LogP contribution in [0.25, 0.3) is 0 Å². The van der Waals surface area contributed by atoms with Gasteiger partial charge in [-0.2, -0.15) is 0 Å². The van der Waals surface area contributed by atoms with Crippen LogP contribution in [0, 0.1) is 12.7 Å². The summed E-state index contributed by atoms with van der Waals surface area (Å²) in [7, 11) is -3.42. The number of benzene rings is 1. The molecule has 0 fully saturated rings. The van der Waals surface area contributed by atoms with Crippen molar-refractivity contribution in [2.45, 2.75) is 24.9 Å². The molecule has 1 aromatic heterocycles. The molecular formula is C13H14FNO3S. The van der Waals surface area contributed by atoms with Crippen molar-refractivity contribution in [1.82, 2.24) is 5.16 Å². The highest BCUT2D eigenvalue weighted by molar-refractivity contribution is 7.90. The molecule has 0 N–H and O–H groups in total. The summed E-state index contributed by atoms with van der Waals surface area (Å²) in [5.41, 5.74) is 1.19. The quantitative estimate of drug-likeness (QED) is 0.865. The Morgan fingerprint density at radius 3 is 2.47 bits per heavy atom. The Hall–Kier alpha value is -1.69. The second-order valence-electron chi connectivity index (χ2n) is 4.44. The van der Waals surface area contributed by atoms with Gasteiger partial charge in [0, 0.05) is 6.07 Å². The van der Waals surface area contributed by atoms with Crippen LogP contribution in [0.15, 0.2) is 34.9 Å². The van der Waals surface area contributed by atoms with Crippen molar-refractivity contribution >= 4 is 9.84 Å². The zero-order chi connectivity index (χ0) is 14.0. The Bertz CT molecular complexity index is 661. The molecule has 19 heavy (non-hydrogen) atoms. The lowest BCUT2D eigenvalue weighted by atomic mass is 10.2. The first-order chi connectivity index (χ1) is 8.88. The van der Waals surface area contributed by atoms with Gasteiger partial charge in [0.2, 0.25) is 0 Å². The number of halogens is 1. The van der Waals surface area contributed by atoms with Crippen molar-refractivity contribution in [3.8, 4) is 0 Å². The number of sulfone groups is 1. The Labute approximate surface area is 111 Å². The fourth-order valence-corrected chi connectivity index (χ4v) is 3.10. The van der Waals surface area contributed by atoms with Crippen molar-refractivity contribution < 1.29 is 17.3 Å². The van der Waals surface area contributed by atoms with E-state index in [-0.39, 0.29) is 11.6 Å². The van der Waals surface area contributed by atoms with Gasteiger partial charge in [0.15, 0.2) is 15.6 Å². The molecule has 0 saturated heterocycles. The first-order valence-electron chi connectivity index (χ1n) is 5.78. The maximum absolute atomic E-state index is 12.8. The Morgan fingerprint density at radius 2 is 1.95 bits per heavy atom. The molecule has 0 saturated carbocycles. The molecule has 0 bridgehead atoms. The van der Waals surface area contributed by atoms with Crippen LogP contribution in [-0.4, -0.2) is 13.6 Å². The Morgan fingerprint density at radius 1 is 1.32 bits per heavy atom. The predicted molar refractivity (Wildman–Crippen MR) is 68.7 cm³/mol. The monoisotopic (exact) mass is 283 g/mol. The van der Waals surface area contributed by atoms with Gasteiger partial charge in [-0.15, -0.1) is 0 Å². The average Bonchev–Trinajstić information content (AvgIpc) is 2.74. The molecule has 0 unspecified atom stereocenters. The third kappa shape index (κ3) is 3.20.